The van der Waals surface area contributed by atoms with E-state index in [0.717, 1.165) is 10.6 Å². The fourth-order valence-electron chi connectivity index (χ4n) is 2.38. The predicted molar refractivity (Wildman–Crippen MR) is 104 cm³/mol. The van der Waals surface area contributed by atoms with Crippen LogP contribution in [0.4, 0.5) is 0 Å². The Morgan fingerprint density at radius 2 is 1.93 bits per heavy atom. The third-order valence-electron chi connectivity index (χ3n) is 3.73. The fraction of sp³-hybridized carbons (Fsp3) is 0.250. The minimum Gasteiger partial charge on any atom is -0.492 e. The topological polar surface area (TPSA) is 77.2 Å². The lowest BCUT2D eigenvalue weighted by Gasteiger charge is -2.10. The fourth-order valence-corrected chi connectivity index (χ4v) is 3.27. The summed E-state index contributed by atoms with van der Waals surface area (Å²) in [7, 11) is 0. The van der Waals surface area contributed by atoms with E-state index in [1.54, 1.807) is 13.0 Å². The summed E-state index contributed by atoms with van der Waals surface area (Å²) in [6.07, 6.45) is 0. The van der Waals surface area contributed by atoms with E-state index in [4.69, 9.17) is 9.26 Å². The molecular formula is C20H21N3O3S. The normalized spacial score (nSPS) is 10.6. The van der Waals surface area contributed by atoms with Gasteiger partial charge in [0.15, 0.2) is 5.82 Å². The molecule has 0 fully saturated rings. The van der Waals surface area contributed by atoms with Gasteiger partial charge in [0, 0.05) is 4.90 Å². The zero-order chi connectivity index (χ0) is 19.1. The maximum Gasteiger partial charge on any atom is 0.252 e. The van der Waals surface area contributed by atoms with Gasteiger partial charge in [0.05, 0.1) is 17.9 Å². The number of hydrogen-bond acceptors (Lipinski definition) is 6. The van der Waals surface area contributed by atoms with Gasteiger partial charge in [-0.25, -0.2) is 0 Å². The quantitative estimate of drug-likeness (QED) is 0.471. The van der Waals surface area contributed by atoms with E-state index in [-0.39, 0.29) is 5.91 Å². The molecule has 0 radical (unpaired) electrons. The number of carbonyl (C=O) groups is 1. The Bertz CT molecular complexity index is 893. The molecule has 0 spiro atoms. The van der Waals surface area contributed by atoms with E-state index in [1.165, 1.54) is 17.3 Å². The van der Waals surface area contributed by atoms with Crippen molar-refractivity contribution in [2.75, 3.05) is 13.2 Å². The molecule has 1 N–H and O–H groups in total. The van der Waals surface area contributed by atoms with E-state index >= 15 is 0 Å². The van der Waals surface area contributed by atoms with Crippen molar-refractivity contribution in [3.05, 3.63) is 71.4 Å². The molecule has 7 heteroatoms. The van der Waals surface area contributed by atoms with Gasteiger partial charge in [-0.1, -0.05) is 35.0 Å². The summed E-state index contributed by atoms with van der Waals surface area (Å²) >= 11 is 1.49. The van der Waals surface area contributed by atoms with Crippen molar-refractivity contribution in [1.82, 2.24) is 15.5 Å². The number of rotatable bonds is 8. The van der Waals surface area contributed by atoms with E-state index in [2.05, 4.69) is 15.5 Å². The largest absolute Gasteiger partial charge is 0.492 e. The van der Waals surface area contributed by atoms with Crippen molar-refractivity contribution >= 4 is 17.7 Å². The van der Waals surface area contributed by atoms with Gasteiger partial charge in [0.1, 0.15) is 12.4 Å². The maximum atomic E-state index is 12.5. The van der Waals surface area contributed by atoms with Gasteiger partial charge in [0.2, 0.25) is 5.89 Å². The molecule has 0 unspecified atom stereocenters. The molecule has 0 bridgehead atoms. The van der Waals surface area contributed by atoms with E-state index < -0.39 is 0 Å². The third-order valence-corrected chi connectivity index (χ3v) is 4.79. The molecule has 0 saturated carbocycles. The van der Waals surface area contributed by atoms with E-state index in [9.17, 15) is 4.79 Å². The van der Waals surface area contributed by atoms with Gasteiger partial charge in [-0.05, 0) is 38.1 Å². The summed E-state index contributed by atoms with van der Waals surface area (Å²) < 4.78 is 10.8. The Labute approximate surface area is 162 Å². The number of amides is 1. The second-order valence-corrected chi connectivity index (χ2v) is 6.95. The number of hydrogen-bond donors (Lipinski definition) is 1. The highest BCUT2D eigenvalue weighted by atomic mass is 32.2. The Morgan fingerprint density at radius 3 is 2.67 bits per heavy atom. The summed E-state index contributed by atoms with van der Waals surface area (Å²) in [5.41, 5.74) is 1.80. The van der Waals surface area contributed by atoms with Crippen LogP contribution < -0.4 is 10.1 Å². The van der Waals surface area contributed by atoms with Gasteiger partial charge in [0.25, 0.3) is 5.91 Å². The Kier molecular flexibility index (Phi) is 6.49. The predicted octanol–water partition coefficient (Wildman–Crippen LogP) is 3.79. The minimum atomic E-state index is -0.132. The number of benzene rings is 2. The number of ether oxygens (including phenoxy) is 1. The summed E-state index contributed by atoms with van der Waals surface area (Å²) in [6, 6.07) is 15.3. The first kappa shape index (κ1) is 19.0. The summed E-state index contributed by atoms with van der Waals surface area (Å²) in [5, 5.41) is 6.67. The lowest BCUT2D eigenvalue weighted by molar-refractivity contribution is 0.0944. The first-order chi connectivity index (χ1) is 13.1. The van der Waals surface area contributed by atoms with Crippen molar-refractivity contribution in [3.63, 3.8) is 0 Å². The zero-order valence-corrected chi connectivity index (χ0v) is 16.1. The monoisotopic (exact) mass is 383 g/mol. The molecule has 1 amide bonds. The Morgan fingerprint density at radius 1 is 1.15 bits per heavy atom. The average Bonchev–Trinajstić information content (AvgIpc) is 3.10. The maximum absolute atomic E-state index is 12.5. The van der Waals surface area contributed by atoms with E-state index in [1.807, 2.05) is 49.4 Å². The molecule has 1 aromatic heterocycles. The molecule has 3 aromatic rings. The van der Waals surface area contributed by atoms with Gasteiger partial charge in [-0.3, -0.25) is 4.79 Å². The number of carbonyl (C=O) groups excluding carboxylic acids is 1. The highest BCUT2D eigenvalue weighted by Gasteiger charge is 2.12. The minimum absolute atomic E-state index is 0.132. The molecule has 2 aromatic carbocycles. The lowest BCUT2D eigenvalue weighted by atomic mass is 10.2. The molecule has 27 heavy (non-hydrogen) atoms. The van der Waals surface area contributed by atoms with Gasteiger partial charge < -0.3 is 14.6 Å². The molecule has 6 nitrogen and oxygen atoms in total. The molecule has 1 heterocycles. The number of thioether (sulfide) groups is 1. The van der Waals surface area contributed by atoms with Crippen molar-refractivity contribution in [2.45, 2.75) is 24.5 Å². The van der Waals surface area contributed by atoms with Gasteiger partial charge in [-0.2, -0.15) is 4.98 Å². The van der Waals surface area contributed by atoms with Crippen LogP contribution in [0, 0.1) is 13.8 Å². The Balaban J connectivity index is 1.51. The third kappa shape index (κ3) is 5.59. The molecular weight excluding hydrogens is 362 g/mol. The molecule has 0 atom stereocenters. The molecule has 0 aliphatic rings. The lowest BCUT2D eigenvalue weighted by Crippen LogP contribution is -2.28. The van der Waals surface area contributed by atoms with Crippen LogP contribution in [0.25, 0.3) is 0 Å². The van der Waals surface area contributed by atoms with Gasteiger partial charge >= 0.3 is 0 Å². The van der Waals surface area contributed by atoms with Crippen molar-refractivity contribution in [1.29, 1.82) is 0 Å². The summed E-state index contributed by atoms with van der Waals surface area (Å²) in [4.78, 5) is 17.6. The van der Waals surface area contributed by atoms with Crippen LogP contribution in [0.3, 0.4) is 0 Å². The first-order valence-electron chi connectivity index (χ1n) is 8.60. The van der Waals surface area contributed by atoms with Crippen molar-refractivity contribution in [2.24, 2.45) is 0 Å². The molecule has 0 aliphatic carbocycles. The standard InChI is InChI=1S/C20H21N3O3S/c1-14-7-9-16(10-8-14)25-12-11-21-20(24)17-5-3-4-6-18(17)27-13-19-22-15(2)23-26-19/h3-10H,11-13H2,1-2H3,(H,21,24). The van der Waals surface area contributed by atoms with Crippen LogP contribution in [0.1, 0.15) is 27.6 Å². The summed E-state index contributed by atoms with van der Waals surface area (Å²) in [6.45, 7) is 4.64. The number of aromatic nitrogens is 2. The molecule has 140 valence electrons. The average molecular weight is 383 g/mol. The number of aryl methyl sites for hydroxylation is 2. The summed E-state index contributed by atoms with van der Waals surface area (Å²) in [5.74, 6) is 2.32. The SMILES string of the molecule is Cc1ccc(OCCNC(=O)c2ccccc2SCc2nc(C)no2)cc1. The smallest absolute Gasteiger partial charge is 0.252 e. The molecule has 0 aliphatic heterocycles. The van der Waals surface area contributed by atoms with Crippen LogP contribution in [0.5, 0.6) is 5.75 Å². The highest BCUT2D eigenvalue weighted by molar-refractivity contribution is 7.98. The van der Waals surface area contributed by atoms with Crippen LogP contribution in [0.2, 0.25) is 0 Å². The van der Waals surface area contributed by atoms with Crippen LogP contribution in [-0.4, -0.2) is 29.2 Å². The molecule has 0 saturated heterocycles. The second-order valence-electron chi connectivity index (χ2n) is 5.94. The van der Waals surface area contributed by atoms with Crippen molar-refractivity contribution in [3.8, 4) is 5.75 Å². The molecule has 3 rings (SSSR count). The van der Waals surface area contributed by atoms with E-state index in [0.29, 0.717) is 36.2 Å². The van der Waals surface area contributed by atoms with Crippen LogP contribution in [-0.2, 0) is 5.75 Å². The zero-order valence-electron chi connectivity index (χ0n) is 15.3. The highest BCUT2D eigenvalue weighted by Crippen LogP contribution is 2.25. The Hall–Kier alpha value is -2.80. The van der Waals surface area contributed by atoms with Gasteiger partial charge in [-0.15, -0.1) is 11.8 Å². The van der Waals surface area contributed by atoms with Crippen LogP contribution in [0.15, 0.2) is 57.9 Å². The first-order valence-corrected chi connectivity index (χ1v) is 9.59. The van der Waals surface area contributed by atoms with Crippen LogP contribution >= 0.6 is 11.8 Å². The van der Waals surface area contributed by atoms with Crippen molar-refractivity contribution < 1.29 is 14.1 Å². The number of nitrogens with one attached hydrogen (secondary N) is 1. The number of nitrogens with zero attached hydrogens (tertiary/aromatic N) is 2. The second kappa shape index (κ2) is 9.23.